The Labute approximate surface area is 98.6 Å². The van der Waals surface area contributed by atoms with Crippen LogP contribution in [0.3, 0.4) is 0 Å². The molecule has 0 saturated carbocycles. The van der Waals surface area contributed by atoms with Gasteiger partial charge in [-0.1, -0.05) is 26.0 Å². The number of allylic oxidation sites excluding steroid dienone is 1. The van der Waals surface area contributed by atoms with Crippen molar-refractivity contribution in [1.82, 2.24) is 10.0 Å². The van der Waals surface area contributed by atoms with Crippen LogP contribution in [0.5, 0.6) is 0 Å². The zero-order chi connectivity index (χ0) is 12.0. The van der Waals surface area contributed by atoms with Crippen LogP contribution in [0, 0.1) is 0 Å². The summed E-state index contributed by atoms with van der Waals surface area (Å²) in [5.74, 6) is 0.158. The monoisotopic (exact) mass is 246 g/mol. The van der Waals surface area contributed by atoms with Gasteiger partial charge in [-0.3, -0.25) is 0 Å². The third-order valence-corrected chi connectivity index (χ3v) is 3.97. The van der Waals surface area contributed by atoms with Crippen LogP contribution in [-0.2, 0) is 10.0 Å². The molecular weight excluding hydrogens is 224 g/mol. The summed E-state index contributed by atoms with van der Waals surface area (Å²) >= 11 is 0. The molecule has 1 unspecified atom stereocenters. The van der Waals surface area contributed by atoms with E-state index in [9.17, 15) is 8.42 Å². The predicted molar refractivity (Wildman–Crippen MR) is 66.8 cm³/mol. The molecule has 5 heteroatoms. The first-order valence-corrected chi connectivity index (χ1v) is 7.53. The Balaban J connectivity index is 2.30. The van der Waals surface area contributed by atoms with Crippen molar-refractivity contribution >= 4 is 10.0 Å². The lowest BCUT2D eigenvalue weighted by Crippen LogP contribution is -2.40. The quantitative estimate of drug-likeness (QED) is 0.688. The van der Waals surface area contributed by atoms with Gasteiger partial charge in [0.1, 0.15) is 0 Å². The fraction of sp³-hybridized carbons (Fsp3) is 0.818. The number of hydrogen-bond donors (Lipinski definition) is 2. The van der Waals surface area contributed by atoms with Crippen LogP contribution in [0.1, 0.15) is 33.1 Å². The van der Waals surface area contributed by atoms with Crippen molar-refractivity contribution in [3.05, 3.63) is 12.2 Å². The van der Waals surface area contributed by atoms with Crippen molar-refractivity contribution in [2.24, 2.45) is 0 Å². The zero-order valence-electron chi connectivity index (χ0n) is 10.1. The predicted octanol–water partition coefficient (Wildman–Crippen LogP) is 1.01. The molecule has 4 nitrogen and oxygen atoms in total. The maximum Gasteiger partial charge on any atom is 0.213 e. The molecular formula is C11H22N2O2S. The fourth-order valence-corrected chi connectivity index (χ4v) is 2.92. The Morgan fingerprint density at radius 1 is 1.38 bits per heavy atom. The lowest BCUT2D eigenvalue weighted by molar-refractivity contribution is 0.518. The first kappa shape index (κ1) is 13.7. The molecule has 0 aromatic heterocycles. The molecule has 0 saturated heterocycles. The van der Waals surface area contributed by atoms with Gasteiger partial charge in [0.15, 0.2) is 0 Å². The van der Waals surface area contributed by atoms with Gasteiger partial charge in [-0.05, 0) is 19.3 Å². The summed E-state index contributed by atoms with van der Waals surface area (Å²) in [7, 11) is -3.12. The van der Waals surface area contributed by atoms with Gasteiger partial charge in [0.25, 0.3) is 0 Å². The largest absolute Gasteiger partial charge is 0.313 e. The topological polar surface area (TPSA) is 58.2 Å². The standard InChI is InChI=1S/C11H22N2O2S/c1-10(2)12-8-9-16(14,15)13-11-6-4-3-5-7-11/h3-4,10-13H,5-9H2,1-2H3. The molecule has 1 aliphatic carbocycles. The van der Waals surface area contributed by atoms with E-state index in [1.165, 1.54) is 0 Å². The highest BCUT2D eigenvalue weighted by atomic mass is 32.2. The molecule has 1 rings (SSSR count). The van der Waals surface area contributed by atoms with Gasteiger partial charge in [0.05, 0.1) is 5.75 Å². The second-order valence-corrected chi connectivity index (χ2v) is 6.40. The van der Waals surface area contributed by atoms with Crippen molar-refractivity contribution in [2.75, 3.05) is 12.3 Å². The molecule has 0 radical (unpaired) electrons. The first-order valence-electron chi connectivity index (χ1n) is 5.88. The van der Waals surface area contributed by atoms with E-state index in [1.807, 2.05) is 19.9 Å². The molecule has 94 valence electrons. The average Bonchev–Trinajstić information content (AvgIpc) is 2.17. The van der Waals surface area contributed by atoms with Crippen molar-refractivity contribution in [3.63, 3.8) is 0 Å². The Morgan fingerprint density at radius 2 is 2.12 bits per heavy atom. The van der Waals surface area contributed by atoms with Crippen molar-refractivity contribution in [1.29, 1.82) is 0 Å². The second kappa shape index (κ2) is 6.37. The van der Waals surface area contributed by atoms with E-state index in [2.05, 4.69) is 16.1 Å². The number of sulfonamides is 1. The van der Waals surface area contributed by atoms with Crippen LogP contribution >= 0.6 is 0 Å². The molecule has 0 bridgehead atoms. The third-order valence-electron chi connectivity index (χ3n) is 2.54. The molecule has 0 heterocycles. The molecule has 0 aliphatic heterocycles. The summed E-state index contributed by atoms with van der Waals surface area (Å²) in [6.07, 6.45) is 6.84. The minimum atomic E-state index is -3.12. The fourth-order valence-electron chi connectivity index (χ4n) is 1.70. The first-order chi connectivity index (χ1) is 7.49. The maximum absolute atomic E-state index is 11.7. The lowest BCUT2D eigenvalue weighted by atomic mass is 10.0. The third kappa shape index (κ3) is 5.63. The van der Waals surface area contributed by atoms with Gasteiger partial charge in [0, 0.05) is 18.6 Å². The van der Waals surface area contributed by atoms with Gasteiger partial charge < -0.3 is 5.32 Å². The summed E-state index contributed by atoms with van der Waals surface area (Å²) in [6, 6.07) is 0.418. The molecule has 0 spiro atoms. The highest BCUT2D eigenvalue weighted by molar-refractivity contribution is 7.89. The van der Waals surface area contributed by atoms with Crippen LogP contribution in [0.2, 0.25) is 0 Å². The summed E-state index contributed by atoms with van der Waals surface area (Å²) < 4.78 is 26.2. The minimum Gasteiger partial charge on any atom is -0.313 e. The van der Waals surface area contributed by atoms with E-state index in [1.54, 1.807) is 0 Å². The molecule has 16 heavy (non-hydrogen) atoms. The van der Waals surface area contributed by atoms with Crippen molar-refractivity contribution in [3.8, 4) is 0 Å². The van der Waals surface area contributed by atoms with Crippen molar-refractivity contribution < 1.29 is 8.42 Å². The average molecular weight is 246 g/mol. The van der Waals surface area contributed by atoms with Gasteiger partial charge in [-0.25, -0.2) is 13.1 Å². The number of nitrogens with one attached hydrogen (secondary N) is 2. The smallest absolute Gasteiger partial charge is 0.213 e. The van der Waals surface area contributed by atoms with Gasteiger partial charge >= 0.3 is 0 Å². The molecule has 2 N–H and O–H groups in total. The second-order valence-electron chi connectivity index (χ2n) is 4.53. The Morgan fingerprint density at radius 3 is 2.69 bits per heavy atom. The van der Waals surface area contributed by atoms with Crippen molar-refractivity contribution in [2.45, 2.75) is 45.2 Å². The summed E-state index contributed by atoms with van der Waals surface area (Å²) in [5, 5.41) is 3.11. The van der Waals surface area contributed by atoms with E-state index in [4.69, 9.17) is 0 Å². The summed E-state index contributed by atoms with van der Waals surface area (Å²) in [6.45, 7) is 4.52. The summed E-state index contributed by atoms with van der Waals surface area (Å²) in [4.78, 5) is 0. The van der Waals surface area contributed by atoms with Crippen LogP contribution < -0.4 is 10.0 Å². The normalized spacial score (nSPS) is 21.6. The van der Waals surface area contributed by atoms with Gasteiger partial charge in [-0.15, -0.1) is 0 Å². The molecule has 0 aromatic carbocycles. The van der Waals surface area contributed by atoms with Gasteiger partial charge in [-0.2, -0.15) is 0 Å². The zero-order valence-corrected chi connectivity index (χ0v) is 10.9. The van der Waals surface area contributed by atoms with Crippen LogP contribution in [0.4, 0.5) is 0 Å². The van der Waals surface area contributed by atoms with E-state index in [0.717, 1.165) is 19.3 Å². The highest BCUT2D eigenvalue weighted by Crippen LogP contribution is 2.11. The van der Waals surface area contributed by atoms with Crippen LogP contribution in [-0.4, -0.2) is 32.8 Å². The van der Waals surface area contributed by atoms with E-state index in [-0.39, 0.29) is 11.8 Å². The summed E-state index contributed by atoms with van der Waals surface area (Å²) in [5.41, 5.74) is 0. The van der Waals surface area contributed by atoms with Gasteiger partial charge in [0.2, 0.25) is 10.0 Å². The number of hydrogen-bond acceptors (Lipinski definition) is 3. The van der Waals surface area contributed by atoms with E-state index >= 15 is 0 Å². The Bertz CT molecular complexity index is 323. The highest BCUT2D eigenvalue weighted by Gasteiger charge is 2.17. The molecule has 1 aliphatic rings. The van der Waals surface area contributed by atoms with E-state index in [0.29, 0.717) is 12.6 Å². The van der Waals surface area contributed by atoms with E-state index < -0.39 is 10.0 Å². The Kier molecular flexibility index (Phi) is 5.44. The van der Waals surface area contributed by atoms with Crippen LogP contribution in [0.15, 0.2) is 12.2 Å². The molecule has 0 aromatic rings. The molecule has 0 fully saturated rings. The SMILES string of the molecule is CC(C)NCCS(=O)(=O)NC1CC=CCC1. The molecule has 0 amide bonds. The Hall–Kier alpha value is -0.390. The molecule has 1 atom stereocenters. The van der Waals surface area contributed by atoms with Crippen LogP contribution in [0.25, 0.3) is 0 Å². The number of rotatable bonds is 6. The maximum atomic E-state index is 11.7. The lowest BCUT2D eigenvalue weighted by Gasteiger charge is -2.19. The minimum absolute atomic E-state index is 0.0917.